The van der Waals surface area contributed by atoms with Gasteiger partial charge in [0.25, 0.3) is 0 Å². The van der Waals surface area contributed by atoms with E-state index < -0.39 is 5.97 Å². The Hall–Kier alpha value is -1.62. The maximum absolute atomic E-state index is 11.2. The SMILES string of the molecule is CCN1CCC(N(C)c2ncccc2C(=O)O)CC1. The van der Waals surface area contributed by atoms with Gasteiger partial charge in [0.15, 0.2) is 0 Å². The van der Waals surface area contributed by atoms with Crippen molar-refractivity contribution in [2.75, 3.05) is 31.6 Å². The van der Waals surface area contributed by atoms with Gasteiger partial charge in [-0.15, -0.1) is 0 Å². The van der Waals surface area contributed by atoms with Crippen LogP contribution in [-0.4, -0.2) is 53.7 Å². The molecule has 0 atom stereocenters. The highest BCUT2D eigenvalue weighted by Gasteiger charge is 2.25. The van der Waals surface area contributed by atoms with Crippen LogP contribution >= 0.6 is 0 Å². The first-order valence-corrected chi connectivity index (χ1v) is 6.77. The molecule has 1 aromatic heterocycles. The Bertz CT molecular complexity index is 442. The molecule has 0 radical (unpaired) electrons. The number of piperidine rings is 1. The molecule has 0 aromatic carbocycles. The topological polar surface area (TPSA) is 56.7 Å². The molecule has 1 aliphatic heterocycles. The fourth-order valence-electron chi connectivity index (χ4n) is 2.64. The van der Waals surface area contributed by atoms with Crippen LogP contribution in [0, 0.1) is 0 Å². The first kappa shape index (κ1) is 13.8. The molecule has 1 aliphatic rings. The van der Waals surface area contributed by atoms with Crippen molar-refractivity contribution in [1.82, 2.24) is 9.88 Å². The summed E-state index contributed by atoms with van der Waals surface area (Å²) < 4.78 is 0. The van der Waals surface area contributed by atoms with Crippen molar-refractivity contribution < 1.29 is 9.90 Å². The molecular weight excluding hydrogens is 242 g/mol. The predicted molar refractivity (Wildman–Crippen MR) is 74.7 cm³/mol. The third-order valence-corrected chi connectivity index (χ3v) is 3.90. The molecule has 0 saturated carbocycles. The summed E-state index contributed by atoms with van der Waals surface area (Å²) in [6.07, 6.45) is 3.76. The third-order valence-electron chi connectivity index (χ3n) is 3.90. The molecule has 2 heterocycles. The van der Waals surface area contributed by atoms with Gasteiger partial charge in [-0.3, -0.25) is 0 Å². The molecule has 1 saturated heterocycles. The lowest BCUT2D eigenvalue weighted by molar-refractivity contribution is 0.0697. The molecule has 5 heteroatoms. The number of aromatic nitrogens is 1. The summed E-state index contributed by atoms with van der Waals surface area (Å²) in [6.45, 7) is 5.40. The number of pyridine rings is 1. The average Bonchev–Trinajstić information content (AvgIpc) is 2.46. The smallest absolute Gasteiger partial charge is 0.339 e. The minimum Gasteiger partial charge on any atom is -0.478 e. The van der Waals surface area contributed by atoms with E-state index in [2.05, 4.69) is 16.8 Å². The number of carbonyl (C=O) groups is 1. The maximum atomic E-state index is 11.2. The van der Waals surface area contributed by atoms with Crippen LogP contribution in [0.15, 0.2) is 18.3 Å². The number of carboxylic acids is 1. The molecule has 1 N–H and O–H groups in total. The summed E-state index contributed by atoms with van der Waals surface area (Å²) in [6, 6.07) is 3.65. The van der Waals surface area contributed by atoms with Gasteiger partial charge in [-0.05, 0) is 31.5 Å². The van der Waals surface area contributed by atoms with E-state index in [4.69, 9.17) is 0 Å². The zero-order valence-corrected chi connectivity index (χ0v) is 11.5. The van der Waals surface area contributed by atoms with E-state index in [0.29, 0.717) is 11.9 Å². The van der Waals surface area contributed by atoms with Crippen molar-refractivity contribution in [3.05, 3.63) is 23.9 Å². The largest absolute Gasteiger partial charge is 0.478 e. The van der Waals surface area contributed by atoms with Crippen LogP contribution < -0.4 is 4.90 Å². The summed E-state index contributed by atoms with van der Waals surface area (Å²) in [5.41, 5.74) is 0.280. The van der Waals surface area contributed by atoms with Crippen LogP contribution in [0.5, 0.6) is 0 Å². The molecule has 2 rings (SSSR count). The molecule has 1 fully saturated rings. The number of nitrogens with zero attached hydrogens (tertiary/aromatic N) is 3. The monoisotopic (exact) mass is 263 g/mol. The van der Waals surface area contributed by atoms with E-state index in [1.165, 1.54) is 0 Å². The Morgan fingerprint density at radius 3 is 2.79 bits per heavy atom. The Morgan fingerprint density at radius 1 is 1.53 bits per heavy atom. The molecular formula is C14H21N3O2. The lowest BCUT2D eigenvalue weighted by atomic mass is 10.0. The van der Waals surface area contributed by atoms with Gasteiger partial charge in [0, 0.05) is 32.4 Å². The fourth-order valence-corrected chi connectivity index (χ4v) is 2.64. The minimum absolute atomic E-state index is 0.280. The molecule has 0 unspecified atom stereocenters. The van der Waals surface area contributed by atoms with E-state index >= 15 is 0 Å². The van der Waals surface area contributed by atoms with Gasteiger partial charge in [0.2, 0.25) is 0 Å². The summed E-state index contributed by atoms with van der Waals surface area (Å²) in [4.78, 5) is 19.9. The lowest BCUT2D eigenvalue weighted by Gasteiger charge is -2.37. The molecule has 0 aliphatic carbocycles. The van der Waals surface area contributed by atoms with Crippen LogP contribution in [0.4, 0.5) is 5.82 Å². The Balaban J connectivity index is 2.12. The van der Waals surface area contributed by atoms with E-state index in [9.17, 15) is 9.90 Å². The van der Waals surface area contributed by atoms with Crippen molar-refractivity contribution in [2.24, 2.45) is 0 Å². The van der Waals surface area contributed by atoms with Crippen molar-refractivity contribution >= 4 is 11.8 Å². The highest BCUT2D eigenvalue weighted by molar-refractivity contribution is 5.93. The molecule has 0 bridgehead atoms. The second-order valence-electron chi connectivity index (χ2n) is 4.96. The zero-order valence-electron chi connectivity index (χ0n) is 11.5. The highest BCUT2D eigenvalue weighted by atomic mass is 16.4. The van der Waals surface area contributed by atoms with Gasteiger partial charge < -0.3 is 14.9 Å². The number of carboxylic acid groups (broad SMARTS) is 1. The normalized spacial score (nSPS) is 17.4. The second kappa shape index (κ2) is 6.02. The van der Waals surface area contributed by atoms with Crippen LogP contribution in [-0.2, 0) is 0 Å². The van der Waals surface area contributed by atoms with Crippen LogP contribution in [0.25, 0.3) is 0 Å². The van der Waals surface area contributed by atoms with E-state index in [-0.39, 0.29) is 5.56 Å². The van der Waals surface area contributed by atoms with Gasteiger partial charge in [-0.25, -0.2) is 9.78 Å². The van der Waals surface area contributed by atoms with Crippen molar-refractivity contribution in [3.8, 4) is 0 Å². The summed E-state index contributed by atoms with van der Waals surface area (Å²) in [7, 11) is 1.95. The first-order chi connectivity index (χ1) is 9.13. The summed E-state index contributed by atoms with van der Waals surface area (Å²) in [5.74, 6) is -0.342. The van der Waals surface area contributed by atoms with Crippen molar-refractivity contribution in [2.45, 2.75) is 25.8 Å². The van der Waals surface area contributed by atoms with Crippen molar-refractivity contribution in [1.29, 1.82) is 0 Å². The number of hydrogen-bond acceptors (Lipinski definition) is 4. The van der Waals surface area contributed by atoms with Gasteiger partial charge >= 0.3 is 5.97 Å². The first-order valence-electron chi connectivity index (χ1n) is 6.77. The average molecular weight is 263 g/mol. The fraction of sp³-hybridized carbons (Fsp3) is 0.571. The lowest BCUT2D eigenvalue weighted by Crippen LogP contribution is -2.44. The molecule has 1 aromatic rings. The number of aromatic carboxylic acids is 1. The van der Waals surface area contributed by atoms with Crippen LogP contribution in [0.2, 0.25) is 0 Å². The Kier molecular flexibility index (Phi) is 4.37. The quantitative estimate of drug-likeness (QED) is 0.896. The number of likely N-dealkylation sites (tertiary alicyclic amines) is 1. The molecule has 5 nitrogen and oxygen atoms in total. The van der Waals surface area contributed by atoms with Gasteiger partial charge in [0.05, 0.1) is 0 Å². The van der Waals surface area contributed by atoms with E-state index in [0.717, 1.165) is 32.5 Å². The van der Waals surface area contributed by atoms with E-state index in [1.54, 1.807) is 18.3 Å². The van der Waals surface area contributed by atoms with E-state index in [1.807, 2.05) is 11.9 Å². The Morgan fingerprint density at radius 2 is 2.21 bits per heavy atom. The van der Waals surface area contributed by atoms with Crippen LogP contribution in [0.3, 0.4) is 0 Å². The summed E-state index contributed by atoms with van der Waals surface area (Å²) >= 11 is 0. The molecule has 19 heavy (non-hydrogen) atoms. The number of anilines is 1. The molecule has 0 amide bonds. The predicted octanol–water partition coefficient (Wildman–Crippen LogP) is 1.70. The standard InChI is InChI=1S/C14H21N3O2/c1-3-17-9-6-11(7-10-17)16(2)13-12(14(18)19)5-4-8-15-13/h4-5,8,11H,3,6-7,9-10H2,1-2H3,(H,18,19). The molecule has 0 spiro atoms. The van der Waals surface area contributed by atoms with Gasteiger partial charge in [-0.2, -0.15) is 0 Å². The number of rotatable bonds is 4. The van der Waals surface area contributed by atoms with Gasteiger partial charge in [-0.1, -0.05) is 6.92 Å². The summed E-state index contributed by atoms with van der Waals surface area (Å²) in [5, 5.41) is 9.22. The Labute approximate surface area is 113 Å². The third kappa shape index (κ3) is 3.04. The van der Waals surface area contributed by atoms with Crippen LogP contribution in [0.1, 0.15) is 30.1 Å². The minimum atomic E-state index is -0.916. The zero-order chi connectivity index (χ0) is 13.8. The maximum Gasteiger partial charge on any atom is 0.339 e. The molecule has 104 valence electrons. The number of hydrogen-bond donors (Lipinski definition) is 1. The highest BCUT2D eigenvalue weighted by Crippen LogP contribution is 2.23. The van der Waals surface area contributed by atoms with Crippen molar-refractivity contribution in [3.63, 3.8) is 0 Å². The van der Waals surface area contributed by atoms with Gasteiger partial charge in [0.1, 0.15) is 11.4 Å². The second-order valence-corrected chi connectivity index (χ2v) is 4.96.